The molecule has 1 aliphatic rings. The number of hydrogen-bond acceptors (Lipinski definition) is 4. The predicted molar refractivity (Wildman–Crippen MR) is 131 cm³/mol. The minimum absolute atomic E-state index is 0.186. The Labute approximate surface area is 194 Å². The summed E-state index contributed by atoms with van der Waals surface area (Å²) in [6.45, 7) is 10.5. The van der Waals surface area contributed by atoms with Crippen molar-refractivity contribution in [1.82, 2.24) is 0 Å². The number of methoxy groups -OCH3 is 1. The van der Waals surface area contributed by atoms with E-state index >= 15 is 0 Å². The summed E-state index contributed by atoms with van der Waals surface area (Å²) in [5.41, 5.74) is 5.27. The van der Waals surface area contributed by atoms with E-state index in [0.717, 1.165) is 73.8 Å². The Morgan fingerprint density at radius 2 is 1.84 bits per heavy atom. The van der Waals surface area contributed by atoms with Crippen LogP contribution in [-0.2, 0) is 16.0 Å². The molecular formula is C28H40O4. The Balaban J connectivity index is 1.87. The lowest BCUT2D eigenvalue weighted by atomic mass is 9.87. The van der Waals surface area contributed by atoms with Crippen LogP contribution in [0.4, 0.5) is 0 Å². The van der Waals surface area contributed by atoms with Gasteiger partial charge in [0.05, 0.1) is 7.11 Å². The molecule has 1 N–H and O–H groups in total. The molecule has 1 atom stereocenters. The van der Waals surface area contributed by atoms with Gasteiger partial charge in [-0.05, 0) is 109 Å². The van der Waals surface area contributed by atoms with Crippen LogP contribution in [0, 0.1) is 6.92 Å². The molecule has 4 nitrogen and oxygen atoms in total. The molecule has 0 spiro atoms. The number of allylic oxidation sites excluding steroid dienone is 5. The van der Waals surface area contributed by atoms with Crippen LogP contribution in [-0.4, -0.2) is 23.8 Å². The summed E-state index contributed by atoms with van der Waals surface area (Å²) in [5, 5.41) is 9.82. The van der Waals surface area contributed by atoms with Crippen molar-refractivity contribution in [1.29, 1.82) is 0 Å². The first-order chi connectivity index (χ1) is 15.1. The lowest BCUT2D eigenvalue weighted by Gasteiger charge is -2.36. The molecule has 0 fully saturated rings. The van der Waals surface area contributed by atoms with Gasteiger partial charge in [-0.2, -0.15) is 0 Å². The fourth-order valence-electron chi connectivity index (χ4n) is 4.17. The number of rotatable bonds is 10. The molecule has 1 aromatic rings. The molecule has 2 rings (SSSR count). The number of carbonyl (C=O) groups is 1. The Hall–Kier alpha value is -2.49. The molecule has 176 valence electrons. The second kappa shape index (κ2) is 11.9. The van der Waals surface area contributed by atoms with E-state index in [1.165, 1.54) is 18.3 Å². The van der Waals surface area contributed by atoms with Crippen LogP contribution >= 0.6 is 0 Å². The smallest absolute Gasteiger partial charge is 0.333 e. The molecule has 0 aromatic heterocycles. The van der Waals surface area contributed by atoms with Crippen LogP contribution in [0.1, 0.15) is 83.8 Å². The number of phenols is 1. The fourth-order valence-corrected chi connectivity index (χ4v) is 4.17. The first-order valence-corrected chi connectivity index (χ1v) is 11.7. The number of benzene rings is 1. The maximum atomic E-state index is 12.0. The third kappa shape index (κ3) is 7.89. The Kier molecular flexibility index (Phi) is 9.61. The van der Waals surface area contributed by atoms with Gasteiger partial charge in [0.15, 0.2) is 0 Å². The molecule has 0 saturated heterocycles. The fraction of sp³-hybridized carbons (Fsp3) is 0.536. The number of fused-ring (bicyclic) bond motifs is 1. The topological polar surface area (TPSA) is 55.8 Å². The molecule has 1 heterocycles. The summed E-state index contributed by atoms with van der Waals surface area (Å²) in [6, 6.07) is 3.59. The number of phenolic OH excluding ortho intramolecular Hbond substituents is 1. The zero-order valence-electron chi connectivity index (χ0n) is 20.7. The summed E-state index contributed by atoms with van der Waals surface area (Å²) < 4.78 is 11.3. The SMILES string of the molecule is COC(=O)/C(=C\CC/C(C)=C/CC[C@@]1(C)CCc2cc(O)cc(C)c2O1)CCC=C(C)C. The normalized spacial score (nSPS) is 18.6. The highest BCUT2D eigenvalue weighted by Gasteiger charge is 2.32. The average molecular weight is 441 g/mol. The average Bonchev–Trinajstić information content (AvgIpc) is 2.72. The van der Waals surface area contributed by atoms with Crippen molar-refractivity contribution in [2.75, 3.05) is 7.11 Å². The lowest BCUT2D eigenvalue weighted by molar-refractivity contribution is -0.136. The highest BCUT2D eigenvalue weighted by molar-refractivity contribution is 5.88. The van der Waals surface area contributed by atoms with Gasteiger partial charge in [0.2, 0.25) is 0 Å². The largest absolute Gasteiger partial charge is 0.508 e. The number of esters is 1. The van der Waals surface area contributed by atoms with Crippen molar-refractivity contribution in [3.8, 4) is 11.5 Å². The van der Waals surface area contributed by atoms with Gasteiger partial charge in [0.1, 0.15) is 17.1 Å². The minimum atomic E-state index is -0.222. The Morgan fingerprint density at radius 3 is 2.53 bits per heavy atom. The van der Waals surface area contributed by atoms with E-state index < -0.39 is 0 Å². The predicted octanol–water partition coefficient (Wildman–Crippen LogP) is 7.14. The van der Waals surface area contributed by atoms with Gasteiger partial charge in [-0.15, -0.1) is 0 Å². The van der Waals surface area contributed by atoms with Crippen LogP contribution in [0.5, 0.6) is 11.5 Å². The summed E-state index contributed by atoms with van der Waals surface area (Å²) in [4.78, 5) is 12.0. The maximum absolute atomic E-state index is 12.0. The molecule has 1 aliphatic heterocycles. The summed E-state index contributed by atoms with van der Waals surface area (Å²) >= 11 is 0. The lowest BCUT2D eigenvalue weighted by Crippen LogP contribution is -2.36. The van der Waals surface area contributed by atoms with Gasteiger partial charge >= 0.3 is 5.97 Å². The highest BCUT2D eigenvalue weighted by atomic mass is 16.5. The highest BCUT2D eigenvalue weighted by Crippen LogP contribution is 2.39. The summed E-state index contributed by atoms with van der Waals surface area (Å²) in [6.07, 6.45) is 13.6. The zero-order chi connectivity index (χ0) is 23.7. The van der Waals surface area contributed by atoms with Crippen LogP contribution in [0.15, 0.2) is 47.1 Å². The van der Waals surface area contributed by atoms with Crippen molar-refractivity contribution in [3.05, 3.63) is 58.2 Å². The van der Waals surface area contributed by atoms with E-state index in [0.29, 0.717) is 5.75 Å². The summed E-state index contributed by atoms with van der Waals surface area (Å²) in [7, 11) is 1.44. The van der Waals surface area contributed by atoms with Gasteiger partial charge in [-0.3, -0.25) is 0 Å². The van der Waals surface area contributed by atoms with Gasteiger partial charge in [-0.25, -0.2) is 4.79 Å². The van der Waals surface area contributed by atoms with E-state index in [1.54, 1.807) is 6.07 Å². The van der Waals surface area contributed by atoms with E-state index in [4.69, 9.17) is 9.47 Å². The quantitative estimate of drug-likeness (QED) is 0.239. The zero-order valence-corrected chi connectivity index (χ0v) is 20.7. The third-order valence-electron chi connectivity index (χ3n) is 6.12. The number of carbonyl (C=O) groups excluding carboxylic acids is 1. The molecule has 0 radical (unpaired) electrons. The number of aryl methyl sites for hydroxylation is 2. The van der Waals surface area contributed by atoms with Crippen LogP contribution in [0.3, 0.4) is 0 Å². The van der Waals surface area contributed by atoms with E-state index in [1.807, 2.05) is 19.1 Å². The Morgan fingerprint density at radius 1 is 1.12 bits per heavy atom. The van der Waals surface area contributed by atoms with Gasteiger partial charge in [0, 0.05) is 5.57 Å². The molecule has 32 heavy (non-hydrogen) atoms. The molecule has 0 saturated carbocycles. The molecule has 0 aliphatic carbocycles. The molecule has 1 aromatic carbocycles. The standard InChI is InChI=1S/C28H40O4/c1-20(2)10-7-13-23(27(30)31-6)14-8-11-21(3)12-9-16-28(5)17-15-24-19-25(29)18-22(4)26(24)32-28/h10,12,14,18-19,29H,7-9,11,13,15-17H2,1-6H3/b21-12+,23-14-/t28-/m0/s1. The molecule has 0 bridgehead atoms. The van der Waals surface area contributed by atoms with Crippen molar-refractivity contribution >= 4 is 5.97 Å². The van der Waals surface area contributed by atoms with Gasteiger partial charge in [0.25, 0.3) is 0 Å². The molecule has 0 unspecified atom stereocenters. The minimum Gasteiger partial charge on any atom is -0.508 e. The molecule has 4 heteroatoms. The van der Waals surface area contributed by atoms with E-state index in [-0.39, 0.29) is 11.6 Å². The van der Waals surface area contributed by atoms with E-state index in [9.17, 15) is 9.90 Å². The summed E-state index contributed by atoms with van der Waals surface area (Å²) in [5.74, 6) is 1.03. The van der Waals surface area contributed by atoms with Crippen molar-refractivity contribution in [2.24, 2.45) is 0 Å². The van der Waals surface area contributed by atoms with Crippen molar-refractivity contribution < 1.29 is 19.4 Å². The monoisotopic (exact) mass is 440 g/mol. The van der Waals surface area contributed by atoms with Crippen LogP contribution < -0.4 is 4.74 Å². The van der Waals surface area contributed by atoms with Crippen LogP contribution in [0.25, 0.3) is 0 Å². The van der Waals surface area contributed by atoms with Crippen LogP contribution in [0.2, 0.25) is 0 Å². The second-order valence-electron chi connectivity index (χ2n) is 9.47. The maximum Gasteiger partial charge on any atom is 0.333 e. The third-order valence-corrected chi connectivity index (χ3v) is 6.12. The second-order valence-corrected chi connectivity index (χ2v) is 9.47. The van der Waals surface area contributed by atoms with Gasteiger partial charge < -0.3 is 14.6 Å². The van der Waals surface area contributed by atoms with E-state index in [2.05, 4.69) is 39.8 Å². The molecular weight excluding hydrogens is 400 g/mol. The first-order valence-electron chi connectivity index (χ1n) is 11.7. The molecule has 0 amide bonds. The number of aromatic hydroxyl groups is 1. The Bertz CT molecular complexity index is 887. The number of hydrogen-bond donors (Lipinski definition) is 1. The number of ether oxygens (including phenoxy) is 2. The van der Waals surface area contributed by atoms with Crippen molar-refractivity contribution in [3.63, 3.8) is 0 Å². The van der Waals surface area contributed by atoms with Gasteiger partial charge in [-0.1, -0.05) is 29.4 Å². The first kappa shape index (κ1) is 25.8. The van der Waals surface area contributed by atoms with Crippen molar-refractivity contribution in [2.45, 2.75) is 91.6 Å².